The molecule has 1 aromatic heterocycles. The van der Waals surface area contributed by atoms with Gasteiger partial charge in [0.2, 0.25) is 0 Å². The van der Waals surface area contributed by atoms with E-state index in [1.54, 1.807) is 0 Å². The number of carbonyl (C=O) groups is 1. The van der Waals surface area contributed by atoms with Gasteiger partial charge in [0, 0.05) is 18.7 Å². The molecule has 0 unspecified atom stereocenters. The summed E-state index contributed by atoms with van der Waals surface area (Å²) in [6, 6.07) is 0. The second kappa shape index (κ2) is 5.04. The minimum atomic E-state index is -0.266. The topological polar surface area (TPSA) is 55.6 Å². The Bertz CT molecular complexity index is 488. The number of hydrogen-bond acceptors (Lipinski definition) is 5. The van der Waals surface area contributed by atoms with Gasteiger partial charge in [-0.05, 0) is 38.5 Å². The van der Waals surface area contributed by atoms with Crippen molar-refractivity contribution in [1.29, 1.82) is 0 Å². The van der Waals surface area contributed by atoms with Crippen LogP contribution < -0.4 is 10.6 Å². The summed E-state index contributed by atoms with van der Waals surface area (Å²) in [5, 5.41) is 1.22. The lowest BCUT2D eigenvalue weighted by Gasteiger charge is -2.17. The van der Waals surface area contributed by atoms with Gasteiger partial charge in [-0.25, -0.2) is 4.79 Å². The van der Waals surface area contributed by atoms with E-state index in [0.717, 1.165) is 13.1 Å². The van der Waals surface area contributed by atoms with E-state index in [9.17, 15) is 4.79 Å². The predicted molar refractivity (Wildman–Crippen MR) is 78.1 cm³/mol. The van der Waals surface area contributed by atoms with Crippen molar-refractivity contribution in [3.8, 4) is 0 Å². The van der Waals surface area contributed by atoms with E-state index >= 15 is 0 Å². The molecule has 104 valence electrons. The van der Waals surface area contributed by atoms with Crippen molar-refractivity contribution in [2.45, 2.75) is 38.5 Å². The number of hydrogen-bond donors (Lipinski definition) is 1. The maximum Gasteiger partial charge on any atom is 0.350 e. The molecule has 1 aliphatic carbocycles. The largest absolute Gasteiger partial charge is 0.462 e. The van der Waals surface area contributed by atoms with Crippen LogP contribution in [0.1, 0.15) is 53.8 Å². The monoisotopic (exact) mass is 280 g/mol. The molecule has 0 radical (unpaired) electrons. The zero-order valence-electron chi connectivity index (χ0n) is 11.3. The van der Waals surface area contributed by atoms with Gasteiger partial charge in [0.15, 0.2) is 0 Å². The first-order valence-electron chi connectivity index (χ1n) is 7.06. The molecule has 0 spiro atoms. The first kappa shape index (κ1) is 12.8. The van der Waals surface area contributed by atoms with Gasteiger partial charge >= 0.3 is 5.97 Å². The molecule has 0 bridgehead atoms. The number of ether oxygens (including phenoxy) is 1. The summed E-state index contributed by atoms with van der Waals surface area (Å²) in [5.74, 6) is 0.298. The van der Waals surface area contributed by atoms with Crippen LogP contribution in [0.5, 0.6) is 0 Å². The van der Waals surface area contributed by atoms with E-state index < -0.39 is 0 Å². The Morgan fingerprint density at radius 3 is 2.68 bits per heavy atom. The van der Waals surface area contributed by atoms with Crippen molar-refractivity contribution in [2.75, 3.05) is 30.3 Å². The summed E-state index contributed by atoms with van der Waals surface area (Å²) in [6.45, 7) is 4.39. The minimum Gasteiger partial charge on any atom is -0.462 e. The van der Waals surface area contributed by atoms with Crippen molar-refractivity contribution < 1.29 is 9.53 Å². The highest BCUT2D eigenvalue weighted by molar-refractivity contribution is 7.18. The summed E-state index contributed by atoms with van der Waals surface area (Å²) in [4.78, 5) is 15.0. The van der Waals surface area contributed by atoms with E-state index in [1.165, 1.54) is 47.6 Å². The number of carbonyl (C=O) groups excluding carboxylic acids is 1. The first-order valence-corrected chi connectivity index (χ1v) is 7.88. The molecule has 1 saturated carbocycles. The molecule has 0 aromatic carbocycles. The van der Waals surface area contributed by atoms with Crippen molar-refractivity contribution in [3.63, 3.8) is 0 Å². The molecular weight excluding hydrogens is 260 g/mol. The average Bonchev–Trinajstić information content (AvgIpc) is 2.96. The van der Waals surface area contributed by atoms with Crippen LogP contribution in [0.2, 0.25) is 0 Å². The molecule has 2 heterocycles. The third-order valence-corrected chi connectivity index (χ3v) is 5.07. The van der Waals surface area contributed by atoms with Crippen LogP contribution in [-0.4, -0.2) is 25.7 Å². The molecule has 1 saturated heterocycles. The molecule has 3 rings (SSSR count). The van der Waals surface area contributed by atoms with Gasteiger partial charge in [-0.1, -0.05) is 0 Å². The van der Waals surface area contributed by atoms with Crippen LogP contribution in [0.3, 0.4) is 0 Å². The zero-order chi connectivity index (χ0) is 13.4. The number of rotatable bonds is 4. The first-order chi connectivity index (χ1) is 9.22. The minimum absolute atomic E-state index is 0.266. The lowest BCUT2D eigenvalue weighted by Crippen LogP contribution is -2.17. The van der Waals surface area contributed by atoms with Crippen LogP contribution in [-0.2, 0) is 4.74 Å². The van der Waals surface area contributed by atoms with Crippen molar-refractivity contribution in [2.24, 2.45) is 0 Å². The predicted octanol–water partition coefficient (Wildman–Crippen LogP) is 2.98. The summed E-state index contributed by atoms with van der Waals surface area (Å²) in [7, 11) is 0. The Morgan fingerprint density at radius 1 is 1.42 bits per heavy atom. The van der Waals surface area contributed by atoms with Gasteiger partial charge < -0.3 is 15.4 Å². The molecule has 5 heteroatoms. The molecule has 2 aliphatic rings. The van der Waals surface area contributed by atoms with Gasteiger partial charge in [-0.2, -0.15) is 0 Å². The number of nitrogens with two attached hydrogens (primary N) is 1. The molecule has 0 atom stereocenters. The van der Waals surface area contributed by atoms with Gasteiger partial charge in [0.1, 0.15) is 4.88 Å². The third-order valence-electron chi connectivity index (χ3n) is 3.80. The normalized spacial score (nSPS) is 18.9. The Kier molecular flexibility index (Phi) is 3.39. The van der Waals surface area contributed by atoms with Crippen LogP contribution in [0, 0.1) is 0 Å². The smallest absolute Gasteiger partial charge is 0.350 e. The second-order valence-electron chi connectivity index (χ2n) is 5.25. The van der Waals surface area contributed by atoms with Crippen LogP contribution in [0.15, 0.2) is 0 Å². The van der Waals surface area contributed by atoms with E-state index in [2.05, 4.69) is 4.90 Å². The lowest BCUT2D eigenvalue weighted by atomic mass is 10.1. The summed E-state index contributed by atoms with van der Waals surface area (Å²) < 4.78 is 5.11. The van der Waals surface area contributed by atoms with Crippen molar-refractivity contribution >= 4 is 28.0 Å². The highest BCUT2D eigenvalue weighted by atomic mass is 32.1. The summed E-state index contributed by atoms with van der Waals surface area (Å²) in [6.07, 6.45) is 4.86. The van der Waals surface area contributed by atoms with E-state index in [4.69, 9.17) is 10.5 Å². The Balaban J connectivity index is 1.97. The molecular formula is C14H20N2O2S. The molecule has 2 N–H and O–H groups in total. The van der Waals surface area contributed by atoms with Crippen LogP contribution in [0.4, 0.5) is 10.7 Å². The van der Waals surface area contributed by atoms with Crippen molar-refractivity contribution in [3.05, 3.63) is 10.4 Å². The Morgan fingerprint density at radius 2 is 2.11 bits per heavy atom. The fraction of sp³-hybridized carbons (Fsp3) is 0.643. The zero-order valence-corrected chi connectivity index (χ0v) is 12.1. The highest BCUT2D eigenvalue weighted by Gasteiger charge is 2.35. The van der Waals surface area contributed by atoms with Gasteiger partial charge in [0.25, 0.3) is 0 Å². The third kappa shape index (κ3) is 2.31. The van der Waals surface area contributed by atoms with E-state index in [1.807, 2.05) is 6.92 Å². The number of anilines is 2. The quantitative estimate of drug-likeness (QED) is 0.861. The fourth-order valence-corrected chi connectivity index (χ4v) is 3.97. The Labute approximate surface area is 117 Å². The highest BCUT2D eigenvalue weighted by Crippen LogP contribution is 2.52. The molecule has 4 nitrogen and oxygen atoms in total. The molecule has 1 aromatic rings. The average molecular weight is 280 g/mol. The second-order valence-corrected chi connectivity index (χ2v) is 6.25. The SMILES string of the molecule is CCOC(=O)c1sc(N2CCCC2)c(C2CC2)c1N. The standard InChI is InChI=1S/C14H20N2O2S/c1-2-18-14(17)12-11(15)10(9-5-6-9)13(19-12)16-7-3-4-8-16/h9H,2-8,15H2,1H3. The van der Waals surface area contributed by atoms with Gasteiger partial charge in [-0.3, -0.25) is 0 Å². The summed E-state index contributed by atoms with van der Waals surface area (Å²) in [5.41, 5.74) is 8.12. The Hall–Kier alpha value is -1.23. The molecule has 1 aliphatic heterocycles. The number of nitrogen functional groups attached to an aromatic ring is 1. The maximum absolute atomic E-state index is 12.0. The summed E-state index contributed by atoms with van der Waals surface area (Å²) >= 11 is 1.53. The number of thiophene rings is 1. The molecule has 2 fully saturated rings. The van der Waals surface area contributed by atoms with E-state index in [-0.39, 0.29) is 5.97 Å². The van der Waals surface area contributed by atoms with E-state index in [0.29, 0.717) is 23.1 Å². The van der Waals surface area contributed by atoms with Crippen molar-refractivity contribution in [1.82, 2.24) is 0 Å². The lowest BCUT2D eigenvalue weighted by molar-refractivity contribution is 0.0533. The van der Waals surface area contributed by atoms with Gasteiger partial charge in [0.05, 0.1) is 17.3 Å². The fourth-order valence-electron chi connectivity index (χ4n) is 2.71. The maximum atomic E-state index is 12.0. The molecule has 19 heavy (non-hydrogen) atoms. The molecule has 0 amide bonds. The van der Waals surface area contributed by atoms with Crippen LogP contribution in [0.25, 0.3) is 0 Å². The van der Waals surface area contributed by atoms with Gasteiger partial charge in [-0.15, -0.1) is 11.3 Å². The number of nitrogens with zero attached hydrogens (tertiary/aromatic N) is 1. The van der Waals surface area contributed by atoms with Crippen LogP contribution >= 0.6 is 11.3 Å². The number of esters is 1.